The number of nitrogens with zero attached hydrogens (tertiary/aromatic N) is 4. The molecule has 0 bridgehead atoms. The second-order valence-corrected chi connectivity index (χ2v) is 8.33. The van der Waals surface area contributed by atoms with Crippen molar-refractivity contribution in [3.05, 3.63) is 103 Å². The van der Waals surface area contributed by atoms with Crippen LogP contribution in [0.15, 0.2) is 91.4 Å². The summed E-state index contributed by atoms with van der Waals surface area (Å²) < 4.78 is 0. The van der Waals surface area contributed by atoms with Crippen LogP contribution >= 0.6 is 0 Å². The number of anilines is 1. The average molecular weight is 447 g/mol. The molecule has 0 spiro atoms. The number of nitrogens with two attached hydrogens (primary N) is 1. The first-order valence-electron chi connectivity index (χ1n) is 11.4. The second-order valence-electron chi connectivity index (χ2n) is 8.33. The van der Waals surface area contributed by atoms with E-state index in [1.807, 2.05) is 54.7 Å². The molecule has 1 atom stereocenters. The summed E-state index contributed by atoms with van der Waals surface area (Å²) in [7, 11) is 0. The molecular weight excluding hydrogens is 420 g/mol. The van der Waals surface area contributed by atoms with Crippen LogP contribution in [0, 0.1) is 6.92 Å². The van der Waals surface area contributed by atoms with Crippen molar-refractivity contribution in [1.29, 1.82) is 0 Å². The molecule has 0 saturated heterocycles. The highest BCUT2D eigenvalue weighted by Crippen LogP contribution is 2.32. The zero-order chi connectivity index (χ0) is 23.3. The second kappa shape index (κ2) is 9.77. The molecule has 0 aliphatic rings. The van der Waals surface area contributed by atoms with Crippen molar-refractivity contribution >= 4 is 16.7 Å². The molecule has 0 aliphatic heterocycles. The van der Waals surface area contributed by atoms with Crippen molar-refractivity contribution in [3.8, 4) is 22.6 Å². The molecule has 6 heteroatoms. The molecule has 0 aliphatic carbocycles. The Hall–Kier alpha value is -4.16. The van der Waals surface area contributed by atoms with E-state index >= 15 is 0 Å². The maximum Gasteiger partial charge on any atom is 0.162 e. The third-order valence-corrected chi connectivity index (χ3v) is 5.83. The molecule has 34 heavy (non-hydrogen) atoms. The van der Waals surface area contributed by atoms with Gasteiger partial charge in [-0.1, -0.05) is 54.6 Å². The molecule has 3 heterocycles. The summed E-state index contributed by atoms with van der Waals surface area (Å²) in [5, 5.41) is 4.41. The first-order chi connectivity index (χ1) is 16.7. The van der Waals surface area contributed by atoms with Gasteiger partial charge in [0.1, 0.15) is 11.3 Å². The monoisotopic (exact) mass is 446 g/mol. The van der Waals surface area contributed by atoms with Crippen LogP contribution in [0.2, 0.25) is 0 Å². The van der Waals surface area contributed by atoms with Crippen LogP contribution in [0.1, 0.15) is 11.1 Å². The minimum Gasteiger partial charge on any atom is -0.368 e. The molecule has 5 aromatic rings. The standard InChI is InChI=1S/C28H26N6/c1-19-7-5-6-10-23(19)25-26-24(13-16-31-25)28(34-27(33-26)21-11-14-30-15-12-21)32-18-22(29)17-20-8-3-2-4-9-20/h2-16,22H,17-18,29H2,1H3,(H,32,33,34). The lowest BCUT2D eigenvalue weighted by molar-refractivity contribution is 0.698. The molecule has 0 radical (unpaired) electrons. The Kier molecular flexibility index (Phi) is 6.23. The lowest BCUT2D eigenvalue weighted by Crippen LogP contribution is -2.31. The average Bonchev–Trinajstić information content (AvgIpc) is 2.88. The normalized spacial score (nSPS) is 11.9. The van der Waals surface area contributed by atoms with E-state index in [4.69, 9.17) is 20.7 Å². The lowest BCUT2D eigenvalue weighted by Gasteiger charge is -2.16. The summed E-state index contributed by atoms with van der Waals surface area (Å²) >= 11 is 0. The van der Waals surface area contributed by atoms with Crippen molar-refractivity contribution < 1.29 is 0 Å². The molecule has 3 N–H and O–H groups in total. The Morgan fingerprint density at radius 2 is 1.62 bits per heavy atom. The van der Waals surface area contributed by atoms with Crippen molar-refractivity contribution in [2.24, 2.45) is 5.73 Å². The maximum absolute atomic E-state index is 6.46. The topological polar surface area (TPSA) is 89.6 Å². The van der Waals surface area contributed by atoms with Gasteiger partial charge in [-0.3, -0.25) is 9.97 Å². The van der Waals surface area contributed by atoms with Crippen molar-refractivity contribution in [3.63, 3.8) is 0 Å². The fraction of sp³-hybridized carbons (Fsp3) is 0.143. The molecule has 1 unspecified atom stereocenters. The summed E-state index contributed by atoms with van der Waals surface area (Å²) in [5.74, 6) is 1.37. The van der Waals surface area contributed by atoms with Gasteiger partial charge in [-0.25, -0.2) is 9.97 Å². The highest BCUT2D eigenvalue weighted by Gasteiger charge is 2.16. The molecule has 0 saturated carbocycles. The molecule has 0 amide bonds. The van der Waals surface area contributed by atoms with Gasteiger partial charge in [-0.05, 0) is 42.7 Å². The zero-order valence-electron chi connectivity index (χ0n) is 19.0. The number of aryl methyl sites for hydroxylation is 1. The number of aromatic nitrogens is 4. The van der Waals surface area contributed by atoms with E-state index in [0.717, 1.165) is 45.5 Å². The predicted molar refractivity (Wildman–Crippen MR) is 137 cm³/mol. The van der Waals surface area contributed by atoms with Gasteiger partial charge in [-0.15, -0.1) is 0 Å². The number of nitrogens with one attached hydrogen (secondary N) is 1. The third-order valence-electron chi connectivity index (χ3n) is 5.83. The van der Waals surface area contributed by atoms with Gasteiger partial charge in [0.05, 0.1) is 5.69 Å². The number of hydrogen-bond acceptors (Lipinski definition) is 6. The molecule has 168 valence electrons. The fourth-order valence-corrected chi connectivity index (χ4v) is 4.07. The van der Waals surface area contributed by atoms with E-state index in [-0.39, 0.29) is 6.04 Å². The van der Waals surface area contributed by atoms with Crippen molar-refractivity contribution in [1.82, 2.24) is 19.9 Å². The van der Waals surface area contributed by atoms with Crippen molar-refractivity contribution in [2.75, 3.05) is 11.9 Å². The summed E-state index contributed by atoms with van der Waals surface area (Å²) in [6.07, 6.45) is 6.09. The van der Waals surface area contributed by atoms with Crippen LogP contribution in [0.4, 0.5) is 5.82 Å². The Morgan fingerprint density at radius 3 is 2.41 bits per heavy atom. The number of hydrogen-bond donors (Lipinski definition) is 2. The molecular formula is C28H26N6. The van der Waals surface area contributed by atoms with Crippen LogP contribution in [0.3, 0.4) is 0 Å². The fourth-order valence-electron chi connectivity index (χ4n) is 4.07. The summed E-state index contributed by atoms with van der Waals surface area (Å²) in [6, 6.07) is 24.2. The summed E-state index contributed by atoms with van der Waals surface area (Å²) in [4.78, 5) is 18.7. The SMILES string of the molecule is Cc1ccccc1-c1nccc2c(NCC(N)Cc3ccccc3)nc(-c3ccncc3)nc12. The van der Waals surface area contributed by atoms with Gasteiger partial charge in [0.25, 0.3) is 0 Å². The summed E-state index contributed by atoms with van der Waals surface area (Å²) in [5.41, 5.74) is 12.4. The third kappa shape index (κ3) is 4.63. The van der Waals surface area contributed by atoms with Crippen LogP contribution in [0.5, 0.6) is 0 Å². The Bertz CT molecular complexity index is 1400. The van der Waals surface area contributed by atoms with Crippen LogP contribution in [-0.2, 0) is 6.42 Å². The predicted octanol–water partition coefficient (Wildman–Crippen LogP) is 5.04. The lowest BCUT2D eigenvalue weighted by atomic mass is 10.0. The largest absolute Gasteiger partial charge is 0.368 e. The van der Waals surface area contributed by atoms with E-state index in [1.165, 1.54) is 5.56 Å². The minimum absolute atomic E-state index is 0.0607. The van der Waals surface area contributed by atoms with E-state index in [9.17, 15) is 0 Å². The smallest absolute Gasteiger partial charge is 0.162 e. The quantitative estimate of drug-likeness (QED) is 0.364. The van der Waals surface area contributed by atoms with Crippen LogP contribution in [0.25, 0.3) is 33.5 Å². The van der Waals surface area contributed by atoms with E-state index < -0.39 is 0 Å². The Morgan fingerprint density at radius 1 is 0.853 bits per heavy atom. The van der Waals surface area contributed by atoms with Gasteiger partial charge in [0.2, 0.25) is 0 Å². The van der Waals surface area contributed by atoms with Gasteiger partial charge in [0, 0.05) is 47.7 Å². The first kappa shape index (κ1) is 21.7. The molecule has 0 fully saturated rings. The van der Waals surface area contributed by atoms with Crippen LogP contribution < -0.4 is 11.1 Å². The van der Waals surface area contributed by atoms with Gasteiger partial charge < -0.3 is 11.1 Å². The van der Waals surface area contributed by atoms with Crippen LogP contribution in [-0.4, -0.2) is 32.5 Å². The number of benzene rings is 2. The van der Waals surface area contributed by atoms with E-state index in [1.54, 1.807) is 12.4 Å². The molecule has 3 aromatic heterocycles. The minimum atomic E-state index is -0.0607. The molecule has 6 nitrogen and oxygen atoms in total. The Labute approximate surface area is 199 Å². The number of fused-ring (bicyclic) bond motifs is 1. The zero-order valence-corrected chi connectivity index (χ0v) is 19.0. The Balaban J connectivity index is 1.56. The highest BCUT2D eigenvalue weighted by molar-refractivity contribution is 5.98. The molecule has 2 aromatic carbocycles. The number of pyridine rings is 2. The van der Waals surface area contributed by atoms with E-state index in [2.05, 4.69) is 41.5 Å². The van der Waals surface area contributed by atoms with E-state index in [0.29, 0.717) is 12.4 Å². The number of rotatable bonds is 7. The first-order valence-corrected chi connectivity index (χ1v) is 11.4. The summed E-state index contributed by atoms with van der Waals surface area (Å²) in [6.45, 7) is 2.67. The van der Waals surface area contributed by atoms with Gasteiger partial charge >= 0.3 is 0 Å². The maximum atomic E-state index is 6.46. The highest BCUT2D eigenvalue weighted by atomic mass is 15.0. The van der Waals surface area contributed by atoms with Gasteiger partial charge in [0.15, 0.2) is 5.82 Å². The van der Waals surface area contributed by atoms with Gasteiger partial charge in [-0.2, -0.15) is 0 Å². The van der Waals surface area contributed by atoms with Crippen molar-refractivity contribution in [2.45, 2.75) is 19.4 Å². The molecule has 5 rings (SSSR count).